The second-order valence-electron chi connectivity index (χ2n) is 5.17. The van der Waals surface area contributed by atoms with E-state index < -0.39 is 0 Å². The molecule has 2 rings (SSSR count). The first kappa shape index (κ1) is 13.4. The molecule has 0 unspecified atom stereocenters. The summed E-state index contributed by atoms with van der Waals surface area (Å²) < 4.78 is 5.14. The third-order valence-electron chi connectivity index (χ3n) is 3.94. The van der Waals surface area contributed by atoms with Crippen molar-refractivity contribution in [2.24, 2.45) is 0 Å². The zero-order chi connectivity index (χ0) is 12.8. The summed E-state index contributed by atoms with van der Waals surface area (Å²) in [6.45, 7) is 1.18. The highest BCUT2D eigenvalue weighted by Crippen LogP contribution is 2.28. The fourth-order valence-corrected chi connectivity index (χ4v) is 2.71. The van der Waals surface area contributed by atoms with E-state index in [1.807, 2.05) is 12.1 Å². The molecule has 1 saturated carbocycles. The Labute approximate surface area is 109 Å². The van der Waals surface area contributed by atoms with Crippen LogP contribution in [0.1, 0.15) is 31.2 Å². The number of benzene rings is 1. The van der Waals surface area contributed by atoms with Crippen molar-refractivity contribution in [3.8, 4) is 5.75 Å². The number of hydrogen-bond donors (Lipinski definition) is 2. The lowest BCUT2D eigenvalue weighted by Crippen LogP contribution is -2.46. The smallest absolute Gasteiger partial charge is 0.118 e. The number of aliphatic hydroxyl groups is 1. The highest BCUT2D eigenvalue weighted by atomic mass is 16.5. The van der Waals surface area contributed by atoms with Gasteiger partial charge in [-0.25, -0.2) is 0 Å². The number of aliphatic hydroxyl groups excluding tert-OH is 1. The summed E-state index contributed by atoms with van der Waals surface area (Å²) >= 11 is 0. The van der Waals surface area contributed by atoms with Crippen LogP contribution in [0.25, 0.3) is 0 Å². The highest BCUT2D eigenvalue weighted by Gasteiger charge is 2.31. The predicted octanol–water partition coefficient (Wildman–Crippen LogP) is 2.13. The minimum atomic E-state index is -0.00747. The van der Waals surface area contributed by atoms with Gasteiger partial charge in [0.25, 0.3) is 0 Å². The van der Waals surface area contributed by atoms with E-state index in [0.717, 1.165) is 31.6 Å². The quantitative estimate of drug-likeness (QED) is 0.811. The fraction of sp³-hybridized carbons (Fsp3) is 0.600. The molecule has 0 aromatic heterocycles. The first-order valence-electron chi connectivity index (χ1n) is 6.77. The molecular formula is C15H23NO2. The van der Waals surface area contributed by atoms with Gasteiger partial charge in [-0.15, -0.1) is 0 Å². The van der Waals surface area contributed by atoms with Crippen LogP contribution in [-0.2, 0) is 6.42 Å². The maximum absolute atomic E-state index is 9.50. The van der Waals surface area contributed by atoms with Crippen LogP contribution >= 0.6 is 0 Å². The van der Waals surface area contributed by atoms with Crippen LogP contribution < -0.4 is 10.1 Å². The zero-order valence-corrected chi connectivity index (χ0v) is 11.1. The molecule has 2 N–H and O–H groups in total. The number of nitrogens with one attached hydrogen (secondary N) is 1. The maximum atomic E-state index is 9.50. The number of methoxy groups -OCH3 is 1. The predicted molar refractivity (Wildman–Crippen MR) is 73.0 cm³/mol. The second kappa shape index (κ2) is 6.21. The van der Waals surface area contributed by atoms with E-state index in [1.165, 1.54) is 18.4 Å². The van der Waals surface area contributed by atoms with Crippen molar-refractivity contribution in [3.63, 3.8) is 0 Å². The average Bonchev–Trinajstić information content (AvgIpc) is 2.89. The number of hydrogen-bond acceptors (Lipinski definition) is 3. The molecule has 1 aliphatic rings. The summed E-state index contributed by atoms with van der Waals surface area (Å²) in [6.07, 6.45) is 5.66. The molecule has 1 aromatic rings. The van der Waals surface area contributed by atoms with Crippen LogP contribution in [0.4, 0.5) is 0 Å². The Kier molecular flexibility index (Phi) is 4.61. The summed E-state index contributed by atoms with van der Waals surface area (Å²) in [5.41, 5.74) is 1.29. The van der Waals surface area contributed by atoms with Crippen molar-refractivity contribution >= 4 is 0 Å². The standard InChI is InChI=1S/C15H23NO2/c1-18-14-6-4-13(5-7-14)8-11-16-15(12-17)9-2-3-10-15/h4-7,16-17H,2-3,8-12H2,1H3. The van der Waals surface area contributed by atoms with E-state index in [1.54, 1.807) is 7.11 Å². The molecule has 100 valence electrons. The molecule has 3 nitrogen and oxygen atoms in total. The molecule has 0 atom stereocenters. The van der Waals surface area contributed by atoms with Gasteiger partial charge in [-0.05, 0) is 43.5 Å². The van der Waals surface area contributed by atoms with Gasteiger partial charge < -0.3 is 15.2 Å². The Hall–Kier alpha value is -1.06. The van der Waals surface area contributed by atoms with Gasteiger partial charge in [0, 0.05) is 5.54 Å². The van der Waals surface area contributed by atoms with Gasteiger partial charge in [0.05, 0.1) is 13.7 Å². The zero-order valence-electron chi connectivity index (χ0n) is 11.1. The van der Waals surface area contributed by atoms with Gasteiger partial charge in [0.1, 0.15) is 5.75 Å². The lowest BCUT2D eigenvalue weighted by molar-refractivity contribution is 0.165. The SMILES string of the molecule is COc1ccc(CCNC2(CO)CCCC2)cc1. The molecule has 0 bridgehead atoms. The maximum Gasteiger partial charge on any atom is 0.118 e. The third-order valence-corrected chi connectivity index (χ3v) is 3.94. The molecule has 3 heteroatoms. The van der Waals surface area contributed by atoms with Gasteiger partial charge in [0.15, 0.2) is 0 Å². The molecule has 0 saturated heterocycles. The first-order valence-corrected chi connectivity index (χ1v) is 6.77. The summed E-state index contributed by atoms with van der Waals surface area (Å²) in [5.74, 6) is 0.898. The summed E-state index contributed by atoms with van der Waals surface area (Å²) in [4.78, 5) is 0. The molecule has 1 aromatic carbocycles. The van der Waals surface area contributed by atoms with Gasteiger partial charge in [-0.2, -0.15) is 0 Å². The average molecular weight is 249 g/mol. The van der Waals surface area contributed by atoms with Crippen LogP contribution in [0, 0.1) is 0 Å². The lowest BCUT2D eigenvalue weighted by Gasteiger charge is -2.28. The van der Waals surface area contributed by atoms with Crippen molar-refractivity contribution in [2.75, 3.05) is 20.3 Å². The summed E-state index contributed by atoms with van der Waals surface area (Å²) in [7, 11) is 1.68. The van der Waals surface area contributed by atoms with Crippen molar-refractivity contribution in [3.05, 3.63) is 29.8 Å². The molecular weight excluding hydrogens is 226 g/mol. The van der Waals surface area contributed by atoms with Crippen LogP contribution in [0.3, 0.4) is 0 Å². The first-order chi connectivity index (χ1) is 8.78. The van der Waals surface area contributed by atoms with Crippen LogP contribution in [0.15, 0.2) is 24.3 Å². The van der Waals surface area contributed by atoms with Crippen LogP contribution in [0.2, 0.25) is 0 Å². The van der Waals surface area contributed by atoms with E-state index in [0.29, 0.717) is 0 Å². The Bertz CT molecular complexity index is 355. The van der Waals surface area contributed by atoms with Crippen LogP contribution in [-0.4, -0.2) is 30.9 Å². The second-order valence-corrected chi connectivity index (χ2v) is 5.17. The van der Waals surface area contributed by atoms with E-state index in [2.05, 4.69) is 17.4 Å². The molecule has 0 heterocycles. The largest absolute Gasteiger partial charge is 0.497 e. The Balaban J connectivity index is 1.80. The van der Waals surface area contributed by atoms with Gasteiger partial charge in [-0.3, -0.25) is 0 Å². The number of ether oxygens (including phenoxy) is 1. The van der Waals surface area contributed by atoms with E-state index in [4.69, 9.17) is 4.74 Å². The topological polar surface area (TPSA) is 41.5 Å². The van der Waals surface area contributed by atoms with Gasteiger partial charge >= 0.3 is 0 Å². The monoisotopic (exact) mass is 249 g/mol. The minimum absolute atomic E-state index is 0.00747. The Morgan fingerprint density at radius 1 is 1.22 bits per heavy atom. The molecule has 0 spiro atoms. The Morgan fingerprint density at radius 2 is 1.89 bits per heavy atom. The third kappa shape index (κ3) is 3.24. The van der Waals surface area contributed by atoms with Crippen molar-refractivity contribution in [1.29, 1.82) is 0 Å². The summed E-state index contributed by atoms with van der Waals surface area (Å²) in [5, 5.41) is 13.0. The van der Waals surface area contributed by atoms with Gasteiger partial charge in [-0.1, -0.05) is 25.0 Å². The lowest BCUT2D eigenvalue weighted by atomic mass is 9.98. The molecule has 1 fully saturated rings. The van der Waals surface area contributed by atoms with Gasteiger partial charge in [0.2, 0.25) is 0 Å². The molecule has 18 heavy (non-hydrogen) atoms. The summed E-state index contributed by atoms with van der Waals surface area (Å²) in [6, 6.07) is 8.18. The van der Waals surface area contributed by atoms with Crippen molar-refractivity contribution in [2.45, 2.75) is 37.6 Å². The van der Waals surface area contributed by atoms with E-state index in [-0.39, 0.29) is 12.1 Å². The molecule has 0 aliphatic heterocycles. The van der Waals surface area contributed by atoms with E-state index in [9.17, 15) is 5.11 Å². The normalized spacial score (nSPS) is 17.9. The molecule has 1 aliphatic carbocycles. The number of rotatable bonds is 6. The van der Waals surface area contributed by atoms with Crippen molar-refractivity contribution < 1.29 is 9.84 Å². The molecule has 0 radical (unpaired) electrons. The van der Waals surface area contributed by atoms with E-state index >= 15 is 0 Å². The fourth-order valence-electron chi connectivity index (χ4n) is 2.71. The van der Waals surface area contributed by atoms with Crippen molar-refractivity contribution in [1.82, 2.24) is 5.32 Å². The highest BCUT2D eigenvalue weighted by molar-refractivity contribution is 5.27. The Morgan fingerprint density at radius 3 is 2.44 bits per heavy atom. The minimum Gasteiger partial charge on any atom is -0.497 e. The molecule has 0 amide bonds. The van der Waals surface area contributed by atoms with Crippen LogP contribution in [0.5, 0.6) is 5.75 Å².